The second-order valence-electron chi connectivity index (χ2n) is 3.48. The molecule has 0 aliphatic carbocycles. The van der Waals surface area contributed by atoms with E-state index in [-0.39, 0.29) is 68.0 Å². The topological polar surface area (TPSA) is 56.0 Å². The molecule has 0 bridgehead atoms. The zero-order valence-electron chi connectivity index (χ0n) is 9.31. The van der Waals surface area contributed by atoms with Crippen LogP contribution < -0.4 is 56.8 Å². The summed E-state index contributed by atoms with van der Waals surface area (Å²) in [5, 5.41) is 10.7. The number of nitrogens with zero attached hydrogens (tertiary/aromatic N) is 2. The first-order chi connectivity index (χ1) is 7.88. The smallest absolute Gasteiger partial charge is 0.445 e. The molecule has 0 fully saturated rings. The maximum absolute atomic E-state index is 12.4. The summed E-state index contributed by atoms with van der Waals surface area (Å²) in [5.74, 6) is 0. The van der Waals surface area contributed by atoms with Crippen molar-refractivity contribution in [3.8, 4) is 0 Å². The fraction of sp³-hybridized carbons (Fsp3) is 0. The number of fused-ring (bicyclic) bond motifs is 1. The van der Waals surface area contributed by atoms with Gasteiger partial charge in [-0.3, -0.25) is 15.1 Å². The van der Waals surface area contributed by atoms with Crippen LogP contribution in [0.2, 0.25) is 0 Å². The monoisotopic (exact) mass is 280 g/mol. The largest absolute Gasteiger partial charge is 1.00 e. The van der Waals surface area contributed by atoms with Gasteiger partial charge in [0.25, 0.3) is 5.69 Å². The normalized spacial score (nSPS) is 11.1. The number of pyridine rings is 1. The number of halogens is 3. The predicted molar refractivity (Wildman–Crippen MR) is 57.1 cm³/mol. The number of non-ortho nitro benzene ring substituents is 1. The van der Waals surface area contributed by atoms with Crippen LogP contribution in [0, 0.1) is 10.1 Å². The van der Waals surface area contributed by atoms with Crippen LogP contribution in [-0.2, 0) is 0 Å². The first kappa shape index (κ1) is 15.6. The van der Waals surface area contributed by atoms with E-state index in [1.807, 2.05) is 0 Å². The van der Waals surface area contributed by atoms with Crippen LogP contribution in [0.4, 0.5) is 18.6 Å². The van der Waals surface area contributed by atoms with Crippen molar-refractivity contribution >= 4 is 29.0 Å². The molecule has 88 valence electrons. The molecule has 1 aromatic carbocycles. The van der Waals surface area contributed by atoms with Gasteiger partial charge in [-0.25, -0.2) is 0 Å². The molecule has 9 heteroatoms. The van der Waals surface area contributed by atoms with Gasteiger partial charge >= 0.3 is 58.4 Å². The second kappa shape index (κ2) is 5.66. The molecule has 0 N–H and O–H groups in total. The fourth-order valence-electron chi connectivity index (χ4n) is 1.42. The van der Waals surface area contributed by atoms with Crippen molar-refractivity contribution in [1.82, 2.24) is 4.98 Å². The van der Waals surface area contributed by atoms with Gasteiger partial charge in [0, 0.05) is 18.3 Å². The van der Waals surface area contributed by atoms with E-state index in [1.165, 1.54) is 6.07 Å². The molecule has 0 saturated heterocycles. The number of aromatic nitrogens is 1. The van der Waals surface area contributed by atoms with E-state index in [2.05, 4.69) is 4.98 Å². The van der Waals surface area contributed by atoms with Crippen molar-refractivity contribution in [1.29, 1.82) is 0 Å². The van der Waals surface area contributed by atoms with Crippen molar-refractivity contribution in [2.75, 3.05) is 0 Å². The number of benzene rings is 1. The van der Waals surface area contributed by atoms with Crippen LogP contribution in [0.5, 0.6) is 0 Å². The van der Waals surface area contributed by atoms with Gasteiger partial charge in [-0.1, -0.05) is 11.5 Å². The number of rotatable bonds is 2. The Hall–Kier alpha value is -0.479. The molecule has 1 heterocycles. The van der Waals surface area contributed by atoms with Gasteiger partial charge in [-0.15, -0.1) is 0 Å². The van der Waals surface area contributed by atoms with Crippen LogP contribution in [0.15, 0.2) is 30.5 Å². The van der Waals surface area contributed by atoms with E-state index in [1.54, 1.807) is 0 Å². The molecule has 0 saturated carbocycles. The Labute approximate surface area is 142 Å². The van der Waals surface area contributed by atoms with E-state index in [9.17, 15) is 23.1 Å². The molecule has 0 radical (unpaired) electrons. The molecular formula is C9H5BF3KN2O2. The molecule has 0 spiro atoms. The van der Waals surface area contributed by atoms with Crippen molar-refractivity contribution in [3.63, 3.8) is 0 Å². The summed E-state index contributed by atoms with van der Waals surface area (Å²) in [6.07, 6.45) is 0.687. The molecule has 0 aliphatic heterocycles. The molecule has 2 aromatic rings. The molecule has 1 aromatic heterocycles. The molecule has 2 rings (SSSR count). The molecular weight excluding hydrogens is 275 g/mol. The van der Waals surface area contributed by atoms with E-state index in [0.717, 1.165) is 18.2 Å². The summed E-state index contributed by atoms with van der Waals surface area (Å²) in [5.41, 5.74) is -0.843. The second-order valence-corrected chi connectivity index (χ2v) is 3.48. The maximum Gasteiger partial charge on any atom is 1.00 e. The van der Waals surface area contributed by atoms with Crippen LogP contribution in [0.25, 0.3) is 10.9 Å². The van der Waals surface area contributed by atoms with Gasteiger partial charge in [-0.05, 0) is 11.5 Å². The van der Waals surface area contributed by atoms with Gasteiger partial charge in [0.1, 0.15) is 0 Å². The maximum atomic E-state index is 12.4. The summed E-state index contributed by atoms with van der Waals surface area (Å²) >= 11 is 0. The average Bonchev–Trinajstić information content (AvgIpc) is 2.26. The molecule has 0 aliphatic rings. The van der Waals surface area contributed by atoms with Crippen LogP contribution in [0.3, 0.4) is 0 Å². The van der Waals surface area contributed by atoms with Crippen molar-refractivity contribution in [3.05, 3.63) is 40.6 Å². The van der Waals surface area contributed by atoms with Crippen LogP contribution in [0.1, 0.15) is 0 Å². The number of nitro benzene ring substituents is 1. The fourth-order valence-corrected chi connectivity index (χ4v) is 1.42. The van der Waals surface area contributed by atoms with E-state index in [4.69, 9.17) is 0 Å². The number of hydrogen-bond acceptors (Lipinski definition) is 3. The minimum Gasteiger partial charge on any atom is -0.445 e. The molecule has 0 amide bonds. The first-order valence-corrected chi connectivity index (χ1v) is 4.62. The summed E-state index contributed by atoms with van der Waals surface area (Å²) in [6.45, 7) is -5.11. The summed E-state index contributed by atoms with van der Waals surface area (Å²) in [6, 6.07) is 4.48. The number of nitro groups is 1. The molecule has 18 heavy (non-hydrogen) atoms. The van der Waals surface area contributed by atoms with Gasteiger partial charge < -0.3 is 12.9 Å². The van der Waals surface area contributed by atoms with Crippen LogP contribution >= 0.6 is 0 Å². The Morgan fingerprint density at radius 1 is 1.22 bits per heavy atom. The standard InChI is InChI=1S/C9H5BF3N2O2.K/c11-10(12,13)7-3-6-1-2-8(15(16)17)4-9(6)14-5-7;/h1-5H;/q-1;+1. The van der Waals surface area contributed by atoms with Gasteiger partial charge in [0.05, 0.1) is 10.4 Å². The van der Waals surface area contributed by atoms with E-state index >= 15 is 0 Å². The van der Waals surface area contributed by atoms with Gasteiger partial charge in [-0.2, -0.15) is 0 Å². The average molecular weight is 280 g/mol. The summed E-state index contributed by atoms with van der Waals surface area (Å²) in [4.78, 5) is 13.4. The predicted octanol–water partition coefficient (Wildman–Crippen LogP) is -0.799. The third-order valence-electron chi connectivity index (χ3n) is 2.28. The van der Waals surface area contributed by atoms with Gasteiger partial charge in [0.2, 0.25) is 0 Å². The van der Waals surface area contributed by atoms with Crippen LogP contribution in [-0.4, -0.2) is 16.9 Å². The Morgan fingerprint density at radius 2 is 1.89 bits per heavy atom. The third kappa shape index (κ3) is 3.29. The quantitative estimate of drug-likeness (QED) is 0.411. The van der Waals surface area contributed by atoms with Crippen molar-refractivity contribution < 1.29 is 69.3 Å². The minimum atomic E-state index is -5.11. The zero-order valence-corrected chi connectivity index (χ0v) is 12.4. The van der Waals surface area contributed by atoms with Crippen molar-refractivity contribution in [2.24, 2.45) is 0 Å². The Balaban J connectivity index is 0.00000162. The molecule has 0 atom stereocenters. The Bertz CT molecular complexity index is 606. The summed E-state index contributed by atoms with van der Waals surface area (Å²) < 4.78 is 37.3. The van der Waals surface area contributed by atoms with Gasteiger partial charge in [0.15, 0.2) is 0 Å². The molecule has 0 unspecified atom stereocenters. The van der Waals surface area contributed by atoms with E-state index in [0.29, 0.717) is 6.20 Å². The minimum absolute atomic E-state index is 0. The third-order valence-corrected chi connectivity index (χ3v) is 2.28. The molecule has 4 nitrogen and oxygen atoms in total. The van der Waals surface area contributed by atoms with E-state index < -0.39 is 17.4 Å². The first-order valence-electron chi connectivity index (χ1n) is 4.62. The summed E-state index contributed by atoms with van der Waals surface area (Å²) in [7, 11) is 0. The van der Waals surface area contributed by atoms with Crippen molar-refractivity contribution in [2.45, 2.75) is 0 Å². The SMILES string of the molecule is O=[N+]([O-])c1ccc2cc([B-](F)(F)F)cnc2c1.[K+]. The zero-order chi connectivity index (χ0) is 12.6. The number of hydrogen-bond donors (Lipinski definition) is 0. The Morgan fingerprint density at radius 3 is 2.44 bits per heavy atom. The Kier molecular flexibility index (Phi) is 4.90.